The Morgan fingerprint density at radius 2 is 2.21 bits per heavy atom. The van der Waals surface area contributed by atoms with Gasteiger partial charge in [-0.1, -0.05) is 16.6 Å². The van der Waals surface area contributed by atoms with Crippen LogP contribution in [0.3, 0.4) is 0 Å². The van der Waals surface area contributed by atoms with Crippen LogP contribution in [0.15, 0.2) is 6.20 Å². The normalized spacial score (nSPS) is 11.1. The summed E-state index contributed by atoms with van der Waals surface area (Å²) in [6, 6.07) is 0. The van der Waals surface area contributed by atoms with E-state index in [0.29, 0.717) is 16.6 Å². The minimum atomic E-state index is 0.493. The summed E-state index contributed by atoms with van der Waals surface area (Å²) in [7, 11) is 3.43. The first-order valence-corrected chi connectivity index (χ1v) is 6.39. The molecule has 0 bridgehead atoms. The van der Waals surface area contributed by atoms with Crippen LogP contribution in [0.1, 0.15) is 5.69 Å². The molecule has 0 spiro atoms. The Morgan fingerprint density at radius 1 is 1.42 bits per heavy atom. The smallest absolute Gasteiger partial charge is 0.181 e. The summed E-state index contributed by atoms with van der Waals surface area (Å²) >= 11 is 1.38. The van der Waals surface area contributed by atoms with E-state index in [0.717, 1.165) is 21.6 Å². The molecule has 2 N–H and O–H groups in total. The van der Waals surface area contributed by atoms with E-state index in [1.807, 2.05) is 14.0 Å². The Labute approximate surface area is 113 Å². The second-order valence-electron chi connectivity index (χ2n) is 4.05. The van der Waals surface area contributed by atoms with Crippen LogP contribution >= 0.6 is 11.3 Å². The van der Waals surface area contributed by atoms with E-state index in [4.69, 9.17) is 10.5 Å². The highest BCUT2D eigenvalue weighted by atomic mass is 32.1. The molecule has 0 atom stereocenters. The zero-order chi connectivity index (χ0) is 13.6. The molecular weight excluding hydrogens is 264 g/mol. The summed E-state index contributed by atoms with van der Waals surface area (Å²) < 4.78 is 8.05. The molecule has 3 aromatic heterocycles. The van der Waals surface area contributed by atoms with Gasteiger partial charge in [-0.2, -0.15) is 0 Å². The highest BCUT2D eigenvalue weighted by molar-refractivity contribution is 7.22. The lowest BCUT2D eigenvalue weighted by molar-refractivity contribution is 0.420. The van der Waals surface area contributed by atoms with Crippen molar-refractivity contribution in [2.75, 3.05) is 12.8 Å². The van der Waals surface area contributed by atoms with E-state index in [-0.39, 0.29) is 0 Å². The number of aromatic nitrogens is 5. The largest absolute Gasteiger partial charge is 0.493 e. The number of rotatable bonds is 2. The molecule has 19 heavy (non-hydrogen) atoms. The third kappa shape index (κ3) is 1.72. The molecule has 0 saturated heterocycles. The topological polar surface area (TPSA) is 91.7 Å². The first-order chi connectivity index (χ1) is 9.11. The molecular formula is C11H12N6OS. The van der Waals surface area contributed by atoms with Crippen molar-refractivity contribution >= 4 is 26.7 Å². The molecule has 3 heterocycles. The molecule has 0 saturated carbocycles. The van der Waals surface area contributed by atoms with E-state index in [2.05, 4.69) is 20.3 Å². The van der Waals surface area contributed by atoms with E-state index in [1.165, 1.54) is 11.3 Å². The quantitative estimate of drug-likeness (QED) is 0.760. The minimum Gasteiger partial charge on any atom is -0.493 e. The molecule has 0 unspecified atom stereocenters. The number of fused-ring (bicyclic) bond motifs is 1. The van der Waals surface area contributed by atoms with Gasteiger partial charge in [-0.3, -0.25) is 0 Å². The van der Waals surface area contributed by atoms with E-state index < -0.39 is 0 Å². The van der Waals surface area contributed by atoms with Gasteiger partial charge >= 0.3 is 0 Å². The van der Waals surface area contributed by atoms with Gasteiger partial charge in [0.15, 0.2) is 10.9 Å². The van der Waals surface area contributed by atoms with Gasteiger partial charge in [0.1, 0.15) is 21.6 Å². The van der Waals surface area contributed by atoms with Crippen molar-refractivity contribution in [1.82, 2.24) is 25.0 Å². The number of nitrogen functional groups attached to an aromatic ring is 1. The first kappa shape index (κ1) is 11.8. The van der Waals surface area contributed by atoms with Crippen LogP contribution in [-0.2, 0) is 7.05 Å². The Balaban J connectivity index is 2.35. The van der Waals surface area contributed by atoms with Gasteiger partial charge in [0, 0.05) is 7.05 Å². The lowest BCUT2D eigenvalue weighted by Crippen LogP contribution is -1.99. The van der Waals surface area contributed by atoms with Crippen molar-refractivity contribution in [3.05, 3.63) is 11.9 Å². The molecule has 0 radical (unpaired) electrons. The Morgan fingerprint density at radius 3 is 2.84 bits per heavy atom. The van der Waals surface area contributed by atoms with Crippen molar-refractivity contribution in [3.63, 3.8) is 0 Å². The number of nitrogens with zero attached hydrogens (tertiary/aromatic N) is 5. The maximum absolute atomic E-state index is 5.74. The second kappa shape index (κ2) is 4.16. The van der Waals surface area contributed by atoms with Crippen LogP contribution in [-0.4, -0.2) is 32.1 Å². The first-order valence-electron chi connectivity index (χ1n) is 5.57. The van der Waals surface area contributed by atoms with Crippen molar-refractivity contribution in [2.45, 2.75) is 6.92 Å². The van der Waals surface area contributed by atoms with Crippen molar-refractivity contribution in [2.24, 2.45) is 7.05 Å². The summed E-state index contributed by atoms with van der Waals surface area (Å²) in [6.45, 7) is 1.88. The number of aryl methyl sites for hydroxylation is 2. The fraction of sp³-hybridized carbons (Fsp3) is 0.273. The standard InChI is InChI=1S/C11H12N6OS/c1-5-8(17(2)16-15-5)7-9(18-3)10-6(4-13-7)14-11(12)19-10/h4H,1-3H3,(H2,12,14). The van der Waals surface area contributed by atoms with Gasteiger partial charge in [0.25, 0.3) is 0 Å². The zero-order valence-electron chi connectivity index (χ0n) is 10.7. The Bertz CT molecular complexity index is 742. The van der Waals surface area contributed by atoms with Crippen molar-refractivity contribution in [1.29, 1.82) is 0 Å². The third-order valence-electron chi connectivity index (χ3n) is 2.83. The van der Waals surface area contributed by atoms with E-state index in [9.17, 15) is 0 Å². The highest BCUT2D eigenvalue weighted by Crippen LogP contribution is 2.38. The van der Waals surface area contributed by atoms with E-state index in [1.54, 1.807) is 18.0 Å². The molecule has 0 aliphatic heterocycles. The van der Waals surface area contributed by atoms with Crippen molar-refractivity contribution < 1.29 is 4.74 Å². The average molecular weight is 276 g/mol. The lowest BCUT2D eigenvalue weighted by Gasteiger charge is -2.08. The molecule has 98 valence electrons. The fourth-order valence-corrected chi connectivity index (χ4v) is 2.86. The minimum absolute atomic E-state index is 0.493. The summed E-state index contributed by atoms with van der Waals surface area (Å²) in [6.07, 6.45) is 1.69. The van der Waals surface area contributed by atoms with Crippen LogP contribution in [0, 0.1) is 6.92 Å². The van der Waals surface area contributed by atoms with Crippen LogP contribution in [0.4, 0.5) is 5.13 Å². The second-order valence-corrected chi connectivity index (χ2v) is 5.08. The maximum atomic E-state index is 5.74. The molecule has 0 aliphatic carbocycles. The van der Waals surface area contributed by atoms with Crippen molar-refractivity contribution in [3.8, 4) is 17.1 Å². The highest BCUT2D eigenvalue weighted by Gasteiger charge is 2.20. The van der Waals surface area contributed by atoms with E-state index >= 15 is 0 Å². The van der Waals surface area contributed by atoms with Gasteiger partial charge in [-0.25, -0.2) is 14.6 Å². The number of nitrogens with two attached hydrogens (primary N) is 1. The van der Waals surface area contributed by atoms with Crippen LogP contribution in [0.5, 0.6) is 5.75 Å². The summed E-state index contributed by atoms with van der Waals surface area (Å²) in [5, 5.41) is 8.51. The van der Waals surface area contributed by atoms with Gasteiger partial charge in [0.05, 0.1) is 19.0 Å². The Kier molecular flexibility index (Phi) is 2.59. The summed E-state index contributed by atoms with van der Waals surface area (Å²) in [4.78, 5) is 8.62. The maximum Gasteiger partial charge on any atom is 0.181 e. The molecule has 7 nitrogen and oxygen atoms in total. The molecule has 8 heteroatoms. The number of anilines is 1. The summed E-state index contributed by atoms with van der Waals surface area (Å²) in [5.74, 6) is 0.653. The molecule has 3 aromatic rings. The molecule has 0 amide bonds. The van der Waals surface area contributed by atoms with Gasteiger partial charge < -0.3 is 10.5 Å². The molecule has 0 aliphatic rings. The van der Waals surface area contributed by atoms with Gasteiger partial charge in [-0.05, 0) is 6.92 Å². The van der Waals surface area contributed by atoms with Crippen LogP contribution in [0.2, 0.25) is 0 Å². The summed E-state index contributed by atoms with van der Waals surface area (Å²) in [5.41, 5.74) is 8.79. The third-order valence-corrected chi connectivity index (χ3v) is 3.73. The number of thiazole rings is 1. The van der Waals surface area contributed by atoms with Gasteiger partial charge in [-0.15, -0.1) is 5.10 Å². The number of methoxy groups -OCH3 is 1. The monoisotopic (exact) mass is 276 g/mol. The molecule has 3 rings (SSSR count). The molecule has 0 fully saturated rings. The predicted octanol–water partition coefficient (Wildman–Crippen LogP) is 1.39. The lowest BCUT2D eigenvalue weighted by atomic mass is 10.2. The van der Waals surface area contributed by atoms with Crippen LogP contribution in [0.25, 0.3) is 21.6 Å². The SMILES string of the molecule is COc1c(-c2c(C)nnn2C)ncc2nc(N)sc12. The Hall–Kier alpha value is -2.22. The number of pyridine rings is 1. The number of ether oxygens (including phenoxy) is 1. The number of hydrogen-bond donors (Lipinski definition) is 1. The van der Waals surface area contributed by atoms with Gasteiger partial charge in [0.2, 0.25) is 0 Å². The fourth-order valence-electron chi connectivity index (χ4n) is 2.03. The molecule has 0 aromatic carbocycles. The van der Waals surface area contributed by atoms with Crippen LogP contribution < -0.4 is 10.5 Å². The average Bonchev–Trinajstić information content (AvgIpc) is 2.90. The zero-order valence-corrected chi connectivity index (χ0v) is 11.5. The predicted molar refractivity (Wildman–Crippen MR) is 73.1 cm³/mol. The number of hydrogen-bond acceptors (Lipinski definition) is 7.